The van der Waals surface area contributed by atoms with Crippen molar-refractivity contribution in [2.75, 3.05) is 11.1 Å². The van der Waals surface area contributed by atoms with Crippen LogP contribution < -0.4 is 11.1 Å². The first-order chi connectivity index (χ1) is 8.61. The molecule has 0 unspecified atom stereocenters. The molecule has 7 heteroatoms. The molecule has 0 radical (unpaired) electrons. The maximum absolute atomic E-state index is 8.83. The molecule has 0 aliphatic rings. The van der Waals surface area contributed by atoms with Crippen LogP contribution in [0.1, 0.15) is 5.56 Å². The predicted octanol–water partition coefficient (Wildman–Crippen LogP) is 2.98. The van der Waals surface area contributed by atoms with Gasteiger partial charge in [0.25, 0.3) is 0 Å². The van der Waals surface area contributed by atoms with Gasteiger partial charge in [-0.25, -0.2) is 9.97 Å². The molecule has 0 saturated carbocycles. The molecule has 2 rings (SSSR count). The van der Waals surface area contributed by atoms with E-state index >= 15 is 0 Å². The van der Waals surface area contributed by atoms with E-state index in [1.807, 2.05) is 6.07 Å². The minimum absolute atomic E-state index is 0.168. The van der Waals surface area contributed by atoms with Gasteiger partial charge in [0.1, 0.15) is 17.2 Å². The Morgan fingerprint density at radius 1 is 1.28 bits per heavy atom. The lowest BCUT2D eigenvalue weighted by Gasteiger charge is -2.09. The number of rotatable bonds is 2. The lowest BCUT2D eigenvalue weighted by molar-refractivity contribution is 1.18. The molecular formula is C11H7Cl2N5. The molecule has 1 aromatic carbocycles. The van der Waals surface area contributed by atoms with Crippen molar-refractivity contribution in [3.8, 4) is 6.07 Å². The maximum Gasteiger partial charge on any atom is 0.154 e. The van der Waals surface area contributed by atoms with E-state index in [2.05, 4.69) is 15.3 Å². The fourth-order valence-electron chi connectivity index (χ4n) is 1.29. The summed E-state index contributed by atoms with van der Waals surface area (Å²) in [5.74, 6) is 0.503. The first-order valence-corrected chi connectivity index (χ1v) is 5.60. The van der Waals surface area contributed by atoms with Crippen molar-refractivity contribution in [3.63, 3.8) is 0 Å². The summed E-state index contributed by atoms with van der Waals surface area (Å²) in [6.07, 6.45) is 1.28. The number of nitrogens with zero attached hydrogens (tertiary/aromatic N) is 3. The number of nitriles is 1. The molecule has 0 atom stereocenters. The molecule has 0 bridgehead atoms. The van der Waals surface area contributed by atoms with E-state index in [1.54, 1.807) is 18.2 Å². The number of nitrogen functional groups attached to an aromatic ring is 1. The number of hydrogen-bond acceptors (Lipinski definition) is 5. The van der Waals surface area contributed by atoms with Crippen molar-refractivity contribution in [1.29, 1.82) is 5.26 Å². The first kappa shape index (κ1) is 12.4. The summed E-state index contributed by atoms with van der Waals surface area (Å²) in [5, 5.41) is 12.4. The minimum atomic E-state index is 0.168. The summed E-state index contributed by atoms with van der Waals surface area (Å²) < 4.78 is 0. The Kier molecular flexibility index (Phi) is 3.51. The van der Waals surface area contributed by atoms with Crippen molar-refractivity contribution in [2.24, 2.45) is 0 Å². The molecule has 1 heterocycles. The van der Waals surface area contributed by atoms with E-state index in [4.69, 9.17) is 34.2 Å². The third-order valence-electron chi connectivity index (χ3n) is 2.16. The number of halogens is 2. The van der Waals surface area contributed by atoms with Gasteiger partial charge in [0, 0.05) is 0 Å². The summed E-state index contributed by atoms with van der Waals surface area (Å²) in [6.45, 7) is 0. The summed E-state index contributed by atoms with van der Waals surface area (Å²) in [6, 6.07) is 6.84. The van der Waals surface area contributed by atoms with Crippen LogP contribution in [-0.4, -0.2) is 9.97 Å². The van der Waals surface area contributed by atoms with Gasteiger partial charge in [0.05, 0.1) is 22.3 Å². The number of anilines is 3. The molecule has 0 spiro atoms. The molecule has 3 N–H and O–H groups in total. The Morgan fingerprint density at radius 2 is 2.06 bits per heavy atom. The minimum Gasteiger partial charge on any atom is -0.382 e. The van der Waals surface area contributed by atoms with Gasteiger partial charge in [0.15, 0.2) is 5.82 Å². The van der Waals surface area contributed by atoms with Crippen LogP contribution in [-0.2, 0) is 0 Å². The lowest BCUT2D eigenvalue weighted by Crippen LogP contribution is -2.00. The summed E-state index contributed by atoms with van der Waals surface area (Å²) in [5.41, 5.74) is 6.56. The number of nitrogens with two attached hydrogens (primary N) is 1. The molecule has 0 amide bonds. The standard InChI is InChI=1S/C11H7Cl2N5/c12-7-2-1-6(4-14)3-8(7)18-11-9(13)10(15)16-5-17-11/h1-3,5H,(H3,15,16,17,18). The van der Waals surface area contributed by atoms with Crippen LogP contribution in [0.2, 0.25) is 10.0 Å². The van der Waals surface area contributed by atoms with Crippen LogP contribution in [0.5, 0.6) is 0 Å². The van der Waals surface area contributed by atoms with Crippen LogP contribution in [0.15, 0.2) is 24.5 Å². The molecule has 90 valence electrons. The van der Waals surface area contributed by atoms with Gasteiger partial charge in [-0.15, -0.1) is 0 Å². The number of nitrogens with one attached hydrogen (secondary N) is 1. The summed E-state index contributed by atoms with van der Waals surface area (Å²) >= 11 is 12.0. The van der Waals surface area contributed by atoms with E-state index in [-0.39, 0.29) is 10.8 Å². The van der Waals surface area contributed by atoms with Crippen LogP contribution in [0.25, 0.3) is 0 Å². The molecule has 5 nitrogen and oxygen atoms in total. The second kappa shape index (κ2) is 5.08. The average Bonchev–Trinajstić information content (AvgIpc) is 2.37. The summed E-state index contributed by atoms with van der Waals surface area (Å²) in [4.78, 5) is 7.70. The van der Waals surface area contributed by atoms with E-state index in [1.165, 1.54) is 6.33 Å². The molecule has 0 aliphatic heterocycles. The van der Waals surface area contributed by atoms with Gasteiger partial charge >= 0.3 is 0 Å². The van der Waals surface area contributed by atoms with Crippen LogP contribution in [0.4, 0.5) is 17.3 Å². The largest absolute Gasteiger partial charge is 0.382 e. The van der Waals surface area contributed by atoms with Crippen molar-refractivity contribution in [3.05, 3.63) is 40.1 Å². The number of benzene rings is 1. The SMILES string of the molecule is N#Cc1ccc(Cl)c(Nc2ncnc(N)c2Cl)c1. The first-order valence-electron chi connectivity index (χ1n) is 4.84. The van der Waals surface area contributed by atoms with Gasteiger partial charge in [-0.1, -0.05) is 23.2 Å². The fourth-order valence-corrected chi connectivity index (χ4v) is 1.60. The van der Waals surface area contributed by atoms with E-state index < -0.39 is 0 Å². The highest BCUT2D eigenvalue weighted by Gasteiger charge is 2.09. The van der Waals surface area contributed by atoms with Gasteiger partial charge in [0.2, 0.25) is 0 Å². The maximum atomic E-state index is 8.83. The average molecular weight is 280 g/mol. The Balaban J connectivity index is 2.40. The molecule has 0 aliphatic carbocycles. The highest BCUT2D eigenvalue weighted by atomic mass is 35.5. The second-order valence-corrected chi connectivity index (χ2v) is 4.14. The molecule has 2 aromatic rings. The molecule has 0 fully saturated rings. The van der Waals surface area contributed by atoms with Crippen LogP contribution in [0, 0.1) is 11.3 Å². The molecule has 1 aromatic heterocycles. The lowest BCUT2D eigenvalue weighted by atomic mass is 10.2. The van der Waals surface area contributed by atoms with Gasteiger partial charge in [-0.2, -0.15) is 5.26 Å². The van der Waals surface area contributed by atoms with Gasteiger partial charge in [-0.05, 0) is 18.2 Å². The third-order valence-corrected chi connectivity index (χ3v) is 2.87. The highest BCUT2D eigenvalue weighted by molar-refractivity contribution is 6.36. The van der Waals surface area contributed by atoms with E-state index in [0.29, 0.717) is 22.1 Å². The summed E-state index contributed by atoms with van der Waals surface area (Å²) in [7, 11) is 0. The van der Waals surface area contributed by atoms with Gasteiger partial charge in [-0.3, -0.25) is 0 Å². The zero-order valence-electron chi connectivity index (χ0n) is 8.98. The zero-order chi connectivity index (χ0) is 13.1. The van der Waals surface area contributed by atoms with E-state index in [0.717, 1.165) is 0 Å². The monoisotopic (exact) mass is 279 g/mol. The Morgan fingerprint density at radius 3 is 2.78 bits per heavy atom. The molecule has 18 heavy (non-hydrogen) atoms. The smallest absolute Gasteiger partial charge is 0.154 e. The van der Waals surface area contributed by atoms with Crippen molar-refractivity contribution in [1.82, 2.24) is 9.97 Å². The number of aromatic nitrogens is 2. The third kappa shape index (κ3) is 2.45. The Hall–Kier alpha value is -2.03. The van der Waals surface area contributed by atoms with Crippen LogP contribution in [0.3, 0.4) is 0 Å². The van der Waals surface area contributed by atoms with Crippen molar-refractivity contribution in [2.45, 2.75) is 0 Å². The highest BCUT2D eigenvalue weighted by Crippen LogP contribution is 2.30. The molecule has 0 saturated heterocycles. The topological polar surface area (TPSA) is 87.6 Å². The van der Waals surface area contributed by atoms with Crippen molar-refractivity contribution < 1.29 is 0 Å². The quantitative estimate of drug-likeness (QED) is 0.882. The number of hydrogen-bond donors (Lipinski definition) is 2. The Bertz CT molecular complexity index is 636. The predicted molar refractivity (Wildman–Crippen MR) is 70.9 cm³/mol. The Labute approximate surface area is 113 Å². The van der Waals surface area contributed by atoms with Gasteiger partial charge < -0.3 is 11.1 Å². The van der Waals surface area contributed by atoms with E-state index in [9.17, 15) is 0 Å². The van der Waals surface area contributed by atoms with Crippen molar-refractivity contribution >= 4 is 40.5 Å². The molecular weight excluding hydrogens is 273 g/mol. The van der Waals surface area contributed by atoms with Crippen LogP contribution >= 0.6 is 23.2 Å². The fraction of sp³-hybridized carbons (Fsp3) is 0. The normalized spacial score (nSPS) is 9.83. The second-order valence-electron chi connectivity index (χ2n) is 3.35. The zero-order valence-corrected chi connectivity index (χ0v) is 10.5.